The van der Waals surface area contributed by atoms with E-state index < -0.39 is 47.7 Å². The van der Waals surface area contributed by atoms with Crippen molar-refractivity contribution < 1.29 is 32.7 Å². The molecule has 5 heterocycles. The van der Waals surface area contributed by atoms with Crippen LogP contribution in [0.1, 0.15) is 69.2 Å². The molecule has 0 bridgehead atoms. The molecule has 4 aliphatic rings. The van der Waals surface area contributed by atoms with E-state index in [0.717, 1.165) is 17.7 Å². The first-order chi connectivity index (χ1) is 29.5. The number of piperazine rings is 1. The number of nitrogens with two attached hydrogens (primary N) is 1. The van der Waals surface area contributed by atoms with Crippen molar-refractivity contribution in [2.24, 2.45) is 5.92 Å². The lowest BCUT2D eigenvalue weighted by Gasteiger charge is -2.47. The van der Waals surface area contributed by atoms with Crippen LogP contribution in [-0.2, 0) is 25.7 Å². The van der Waals surface area contributed by atoms with Gasteiger partial charge < -0.3 is 15.4 Å². The van der Waals surface area contributed by atoms with Gasteiger partial charge in [-0.2, -0.15) is 5.10 Å². The van der Waals surface area contributed by atoms with E-state index in [2.05, 4.69) is 20.2 Å². The number of Topliss-reactive ketones (excluding diaryl/α,β-unsaturated/α-hetero) is 1. The molecule has 14 nitrogen and oxygen atoms in total. The second-order valence-electron chi connectivity index (χ2n) is 16.8. The van der Waals surface area contributed by atoms with Crippen LogP contribution in [0.15, 0.2) is 73.1 Å². The first-order valence-corrected chi connectivity index (χ1v) is 20.8. The van der Waals surface area contributed by atoms with Crippen LogP contribution in [0.2, 0.25) is 0 Å². The number of carbonyl (C=O) groups is 4. The number of amides is 2. The molecule has 0 spiro atoms. The zero-order chi connectivity index (χ0) is 42.5. The number of piperidine rings is 1. The number of para-hydroxylation sites is 1. The van der Waals surface area contributed by atoms with Crippen LogP contribution in [-0.4, -0.2) is 97.4 Å². The van der Waals surface area contributed by atoms with Gasteiger partial charge in [0.25, 0.3) is 0 Å². The molecule has 3 fully saturated rings. The SMILES string of the molecule is CC1CN(CC2CCC(n3nc(-c4ccc(Oc5ccccc5)cc4)c4c(N)ncnc43)C(F)C2)CC(C)N1c1cc2c(cc1F)CN(C1CCC(=O)NC1=O)C2C(=O)C=O. The molecule has 2 amide bonds. The number of nitrogen functional groups attached to an aromatic ring is 1. The molecule has 16 heteroatoms. The number of nitrogens with zero attached hydrogens (tertiary/aromatic N) is 7. The Morgan fingerprint density at radius 3 is 2.43 bits per heavy atom. The van der Waals surface area contributed by atoms with Crippen molar-refractivity contribution in [3.05, 3.63) is 90.0 Å². The van der Waals surface area contributed by atoms with Crippen LogP contribution in [0.3, 0.4) is 0 Å². The lowest BCUT2D eigenvalue weighted by Crippen LogP contribution is -2.58. The van der Waals surface area contributed by atoms with Gasteiger partial charge in [0.2, 0.25) is 17.6 Å². The van der Waals surface area contributed by atoms with Crippen LogP contribution in [0.25, 0.3) is 22.3 Å². The molecule has 1 aliphatic carbocycles. The molecule has 2 aromatic heterocycles. The topological polar surface area (TPSA) is 169 Å². The number of aldehydes is 1. The monoisotopic (exact) mass is 831 g/mol. The van der Waals surface area contributed by atoms with Gasteiger partial charge in [0.15, 0.2) is 11.9 Å². The standard InChI is InChI=1S/C45H47F2N9O5/c1-25-19-53(20-26(2)55(25)37-18-32-29(17-34(37)47)22-54(42(32)38(58)23-57)36-14-15-39(59)51-45(36)60)21-27-8-13-35(33(46)16-27)56-44-40(43(48)49-24-50-44)41(52-56)28-9-11-31(12-10-28)61-30-6-4-3-5-7-30/h3-7,9-12,17-18,23-27,33,35-36,42H,8,13-16,19-22H2,1-2H3,(H2,48,49,50)(H,51,59,60). The average Bonchev–Trinajstić information content (AvgIpc) is 3.80. The Bertz CT molecular complexity index is 2490. The predicted molar refractivity (Wildman–Crippen MR) is 223 cm³/mol. The first-order valence-electron chi connectivity index (χ1n) is 20.8. The maximum absolute atomic E-state index is 16.4. The molecule has 3 aromatic carbocycles. The highest BCUT2D eigenvalue weighted by atomic mass is 19.1. The fourth-order valence-electron chi connectivity index (χ4n) is 10.1. The molecule has 7 unspecified atom stereocenters. The van der Waals surface area contributed by atoms with Gasteiger partial charge >= 0.3 is 0 Å². The molecule has 5 aromatic rings. The largest absolute Gasteiger partial charge is 0.457 e. The number of ketones is 1. The first kappa shape index (κ1) is 40.3. The van der Waals surface area contributed by atoms with Gasteiger partial charge in [-0.3, -0.25) is 34.3 Å². The zero-order valence-corrected chi connectivity index (χ0v) is 33.9. The second-order valence-corrected chi connectivity index (χ2v) is 16.8. The summed E-state index contributed by atoms with van der Waals surface area (Å²) < 4.78 is 40.1. The number of ether oxygens (including phenoxy) is 1. The van der Waals surface area contributed by atoms with Crippen molar-refractivity contribution >= 4 is 46.4 Å². The molecule has 3 N–H and O–H groups in total. The number of anilines is 2. The quantitative estimate of drug-likeness (QED) is 0.100. The molecule has 1 saturated carbocycles. The van der Waals surface area contributed by atoms with E-state index in [0.29, 0.717) is 71.8 Å². The molecule has 7 atom stereocenters. The van der Waals surface area contributed by atoms with Crippen molar-refractivity contribution in [3.8, 4) is 22.8 Å². The van der Waals surface area contributed by atoms with E-state index in [1.807, 2.05) is 73.3 Å². The molecule has 0 radical (unpaired) electrons. The summed E-state index contributed by atoms with van der Waals surface area (Å²) in [6.45, 7) is 6.03. The summed E-state index contributed by atoms with van der Waals surface area (Å²) in [4.78, 5) is 64.2. The molecule has 2 saturated heterocycles. The number of carbonyl (C=O) groups excluding carboxylic acids is 4. The van der Waals surface area contributed by atoms with E-state index >= 15 is 8.78 Å². The van der Waals surface area contributed by atoms with Crippen molar-refractivity contribution in [2.75, 3.05) is 30.3 Å². The highest BCUT2D eigenvalue weighted by Gasteiger charge is 2.45. The van der Waals surface area contributed by atoms with Crippen LogP contribution >= 0.6 is 0 Å². The highest BCUT2D eigenvalue weighted by molar-refractivity contribution is 6.27. The Morgan fingerprint density at radius 2 is 1.72 bits per heavy atom. The number of aromatic nitrogens is 4. The number of imide groups is 1. The van der Waals surface area contributed by atoms with Crippen LogP contribution < -0.4 is 20.7 Å². The smallest absolute Gasteiger partial charge is 0.243 e. The lowest BCUT2D eigenvalue weighted by molar-refractivity contribution is -0.141. The summed E-state index contributed by atoms with van der Waals surface area (Å²) in [5.74, 6) is -0.378. The normalized spacial score (nSPS) is 26.0. The van der Waals surface area contributed by atoms with Gasteiger partial charge in [0.1, 0.15) is 47.4 Å². The number of hydrogen-bond acceptors (Lipinski definition) is 12. The third kappa shape index (κ3) is 7.63. The fourth-order valence-corrected chi connectivity index (χ4v) is 10.1. The number of alkyl halides is 1. The summed E-state index contributed by atoms with van der Waals surface area (Å²) >= 11 is 0. The molecule has 316 valence electrons. The minimum atomic E-state index is -1.19. The van der Waals surface area contributed by atoms with Gasteiger partial charge in [-0.15, -0.1) is 0 Å². The molecular formula is C45H47F2N9O5. The Labute approximate surface area is 351 Å². The number of fused-ring (bicyclic) bond motifs is 2. The van der Waals surface area contributed by atoms with E-state index in [4.69, 9.17) is 15.6 Å². The van der Waals surface area contributed by atoms with Gasteiger partial charge in [-0.25, -0.2) is 23.4 Å². The number of benzene rings is 3. The van der Waals surface area contributed by atoms with Gasteiger partial charge in [-0.05, 0) is 105 Å². The Balaban J connectivity index is 0.874. The van der Waals surface area contributed by atoms with Crippen LogP contribution in [0.4, 0.5) is 20.3 Å². The average molecular weight is 832 g/mol. The number of halogens is 2. The van der Waals surface area contributed by atoms with Gasteiger partial charge in [0.05, 0.1) is 23.2 Å². The maximum atomic E-state index is 16.4. The van der Waals surface area contributed by atoms with Crippen molar-refractivity contribution in [2.45, 2.75) is 88.9 Å². The van der Waals surface area contributed by atoms with Crippen LogP contribution in [0, 0.1) is 11.7 Å². The van der Waals surface area contributed by atoms with Gasteiger partial charge in [0, 0.05) is 50.2 Å². The summed E-state index contributed by atoms with van der Waals surface area (Å²) in [6.07, 6.45) is 2.40. The van der Waals surface area contributed by atoms with E-state index in [-0.39, 0.29) is 49.5 Å². The Hall–Kier alpha value is -6.13. The van der Waals surface area contributed by atoms with E-state index in [1.165, 1.54) is 12.4 Å². The van der Waals surface area contributed by atoms with E-state index in [1.54, 1.807) is 15.6 Å². The third-order valence-electron chi connectivity index (χ3n) is 12.8. The van der Waals surface area contributed by atoms with Crippen molar-refractivity contribution in [3.63, 3.8) is 0 Å². The Kier molecular flexibility index (Phi) is 10.8. The summed E-state index contributed by atoms with van der Waals surface area (Å²) in [7, 11) is 0. The summed E-state index contributed by atoms with van der Waals surface area (Å²) in [5.41, 5.74) is 9.57. The van der Waals surface area contributed by atoms with Gasteiger partial charge in [-0.1, -0.05) is 18.2 Å². The lowest BCUT2D eigenvalue weighted by atomic mass is 9.84. The second kappa shape index (κ2) is 16.4. The molecular weight excluding hydrogens is 785 g/mol. The van der Waals surface area contributed by atoms with Crippen molar-refractivity contribution in [1.82, 2.24) is 34.9 Å². The fraction of sp³-hybridized carbons (Fsp3) is 0.400. The number of rotatable bonds is 10. The minimum absolute atomic E-state index is 0.0838. The zero-order valence-electron chi connectivity index (χ0n) is 33.9. The summed E-state index contributed by atoms with van der Waals surface area (Å²) in [5, 5.41) is 7.82. The molecule has 9 rings (SSSR count). The highest BCUT2D eigenvalue weighted by Crippen LogP contribution is 2.43. The predicted octanol–water partition coefficient (Wildman–Crippen LogP) is 5.72. The summed E-state index contributed by atoms with van der Waals surface area (Å²) in [6, 6.07) is 17.4. The third-order valence-corrected chi connectivity index (χ3v) is 12.8. The Morgan fingerprint density at radius 1 is 0.984 bits per heavy atom. The number of hydrogen-bond donors (Lipinski definition) is 2. The van der Waals surface area contributed by atoms with Crippen molar-refractivity contribution in [1.29, 1.82) is 0 Å². The van der Waals surface area contributed by atoms with Crippen LogP contribution in [0.5, 0.6) is 11.5 Å². The molecule has 61 heavy (non-hydrogen) atoms. The van der Waals surface area contributed by atoms with E-state index in [9.17, 15) is 19.2 Å². The molecule has 3 aliphatic heterocycles. The minimum Gasteiger partial charge on any atom is -0.457 e. The maximum Gasteiger partial charge on any atom is 0.243 e. The number of nitrogens with one attached hydrogen (secondary N) is 1.